The molecule has 3 N–H and O–H groups in total. The van der Waals surface area contributed by atoms with Gasteiger partial charge in [-0.25, -0.2) is 9.37 Å². The molecule has 1 aliphatic heterocycles. The van der Waals surface area contributed by atoms with Gasteiger partial charge in [-0.3, -0.25) is 9.59 Å². The van der Waals surface area contributed by atoms with Gasteiger partial charge >= 0.3 is 5.97 Å². The number of amides is 1. The third-order valence-electron chi connectivity index (χ3n) is 6.70. The number of carboxylic acid groups (broad SMARTS) is 1. The molecule has 0 radical (unpaired) electrons. The normalized spacial score (nSPS) is 13.9. The first kappa shape index (κ1) is 28.4. The lowest BCUT2D eigenvalue weighted by atomic mass is 10.0. The lowest BCUT2D eigenvalue weighted by Crippen LogP contribution is -2.33. The van der Waals surface area contributed by atoms with E-state index in [1.807, 2.05) is 6.07 Å². The molecular formula is C28H38FN3O5. The molecule has 0 spiro atoms. The summed E-state index contributed by atoms with van der Waals surface area (Å²) in [7, 11) is 1.55. The molecular weight excluding hydrogens is 477 g/mol. The molecule has 37 heavy (non-hydrogen) atoms. The second kappa shape index (κ2) is 12.9. The van der Waals surface area contributed by atoms with Crippen LogP contribution in [-0.2, 0) is 22.4 Å². The molecule has 1 amide bonds. The average Bonchev–Trinajstić information content (AvgIpc) is 2.85. The fourth-order valence-electron chi connectivity index (χ4n) is 4.51. The first-order chi connectivity index (χ1) is 17.6. The van der Waals surface area contributed by atoms with Crippen molar-refractivity contribution < 1.29 is 28.9 Å². The van der Waals surface area contributed by atoms with E-state index in [4.69, 9.17) is 9.84 Å². The molecule has 2 heterocycles. The predicted octanol–water partition coefficient (Wildman–Crippen LogP) is 4.51. The van der Waals surface area contributed by atoms with Crippen LogP contribution in [0.3, 0.4) is 0 Å². The van der Waals surface area contributed by atoms with Gasteiger partial charge in [0.05, 0.1) is 12.5 Å². The summed E-state index contributed by atoms with van der Waals surface area (Å²) in [5.74, 6) is -0.961. The number of carbonyl (C=O) groups excluding carboxylic acids is 1. The Labute approximate surface area is 217 Å². The molecule has 3 rings (SSSR count). The van der Waals surface area contributed by atoms with Gasteiger partial charge in [0.15, 0.2) is 11.6 Å². The number of pyridine rings is 1. The molecule has 0 fully saturated rings. The van der Waals surface area contributed by atoms with Crippen LogP contribution in [0.4, 0.5) is 10.2 Å². The Hall–Kier alpha value is -3.20. The Morgan fingerprint density at radius 1 is 1.24 bits per heavy atom. The molecule has 9 heteroatoms. The van der Waals surface area contributed by atoms with E-state index < -0.39 is 23.4 Å². The molecule has 0 aliphatic carbocycles. The second-order valence-corrected chi connectivity index (χ2v) is 10.2. The van der Waals surface area contributed by atoms with Gasteiger partial charge in [-0.15, -0.1) is 0 Å². The Balaban J connectivity index is 1.59. The molecule has 0 unspecified atom stereocenters. The standard InChI is InChI=1S/C28H38FN3O5/c1-28(2,14-16-33)37-24-13-11-20(17-22(24)29)23(18-26(35)36)32(3)25(34)9-5-4-8-21-12-10-19-7-6-15-30-27(19)31-21/h10-13,17,23,33H,4-9,14-16,18H2,1-3H3,(H,30,31)(H,35,36)/t23-/m0/s1. The maximum atomic E-state index is 14.8. The summed E-state index contributed by atoms with van der Waals surface area (Å²) in [5.41, 5.74) is 1.84. The van der Waals surface area contributed by atoms with E-state index in [1.54, 1.807) is 27.0 Å². The van der Waals surface area contributed by atoms with Crippen LogP contribution in [0.5, 0.6) is 5.75 Å². The highest BCUT2D eigenvalue weighted by Gasteiger charge is 2.26. The highest BCUT2D eigenvalue weighted by atomic mass is 19.1. The highest BCUT2D eigenvalue weighted by Crippen LogP contribution is 2.30. The average molecular weight is 516 g/mol. The minimum atomic E-state index is -1.08. The van der Waals surface area contributed by atoms with Crippen molar-refractivity contribution in [3.8, 4) is 5.75 Å². The van der Waals surface area contributed by atoms with Crippen molar-refractivity contribution in [1.82, 2.24) is 9.88 Å². The number of nitrogens with zero attached hydrogens (tertiary/aromatic N) is 2. The topological polar surface area (TPSA) is 112 Å². The molecule has 0 bridgehead atoms. The van der Waals surface area contributed by atoms with Gasteiger partial charge < -0.3 is 25.2 Å². The number of aliphatic hydroxyl groups is 1. The molecule has 202 valence electrons. The monoisotopic (exact) mass is 515 g/mol. The van der Waals surface area contributed by atoms with E-state index in [0.29, 0.717) is 18.4 Å². The Bertz CT molecular complexity index is 1090. The van der Waals surface area contributed by atoms with Crippen LogP contribution < -0.4 is 10.1 Å². The lowest BCUT2D eigenvalue weighted by molar-refractivity contribution is -0.140. The summed E-state index contributed by atoms with van der Waals surface area (Å²) in [4.78, 5) is 30.5. The number of carboxylic acids is 1. The fourth-order valence-corrected chi connectivity index (χ4v) is 4.51. The summed E-state index contributed by atoms with van der Waals surface area (Å²) < 4.78 is 20.5. The van der Waals surface area contributed by atoms with Crippen LogP contribution in [0.15, 0.2) is 30.3 Å². The summed E-state index contributed by atoms with van der Waals surface area (Å²) >= 11 is 0. The Morgan fingerprint density at radius 3 is 2.73 bits per heavy atom. The summed E-state index contributed by atoms with van der Waals surface area (Å²) in [6.07, 6.45) is 4.56. The minimum absolute atomic E-state index is 0.0104. The number of aliphatic hydroxyl groups excluding tert-OH is 1. The zero-order chi connectivity index (χ0) is 27.0. The first-order valence-electron chi connectivity index (χ1n) is 12.9. The van der Waals surface area contributed by atoms with Crippen molar-refractivity contribution >= 4 is 17.7 Å². The number of aromatic nitrogens is 1. The van der Waals surface area contributed by atoms with E-state index in [9.17, 15) is 19.1 Å². The van der Waals surface area contributed by atoms with Gasteiger partial charge in [-0.05, 0) is 75.3 Å². The number of rotatable bonds is 13. The molecule has 1 atom stereocenters. The van der Waals surface area contributed by atoms with Crippen molar-refractivity contribution in [2.45, 2.75) is 76.9 Å². The number of hydrogen-bond acceptors (Lipinski definition) is 6. The molecule has 1 aromatic heterocycles. The van der Waals surface area contributed by atoms with E-state index in [0.717, 1.165) is 43.7 Å². The number of hydrogen-bond donors (Lipinski definition) is 3. The number of aryl methyl sites for hydroxylation is 2. The zero-order valence-corrected chi connectivity index (χ0v) is 21.9. The molecule has 2 aromatic rings. The largest absolute Gasteiger partial charge is 0.485 e. The molecule has 1 aliphatic rings. The zero-order valence-electron chi connectivity index (χ0n) is 21.9. The van der Waals surface area contributed by atoms with Gasteiger partial charge in [0, 0.05) is 38.7 Å². The molecule has 0 saturated carbocycles. The number of ether oxygens (including phenoxy) is 1. The fraction of sp³-hybridized carbons (Fsp3) is 0.536. The van der Waals surface area contributed by atoms with Crippen LogP contribution in [0.2, 0.25) is 0 Å². The maximum Gasteiger partial charge on any atom is 0.305 e. The Kier molecular flexibility index (Phi) is 9.86. The highest BCUT2D eigenvalue weighted by molar-refractivity contribution is 5.77. The van der Waals surface area contributed by atoms with Gasteiger partial charge in [0.1, 0.15) is 11.4 Å². The number of anilines is 1. The lowest BCUT2D eigenvalue weighted by Gasteiger charge is -2.29. The number of fused-ring (bicyclic) bond motifs is 1. The number of aliphatic carboxylic acids is 1. The second-order valence-electron chi connectivity index (χ2n) is 10.2. The van der Waals surface area contributed by atoms with Crippen LogP contribution in [0, 0.1) is 5.82 Å². The maximum absolute atomic E-state index is 14.8. The Morgan fingerprint density at radius 2 is 2.03 bits per heavy atom. The molecule has 8 nitrogen and oxygen atoms in total. The SMILES string of the molecule is CN(C(=O)CCCCc1ccc2c(n1)NCCC2)[C@@H](CC(=O)O)c1ccc(OC(C)(C)CCO)c(F)c1. The minimum Gasteiger partial charge on any atom is -0.485 e. The van der Waals surface area contributed by atoms with Gasteiger partial charge in [-0.1, -0.05) is 12.1 Å². The summed E-state index contributed by atoms with van der Waals surface area (Å²) in [5, 5.41) is 21.9. The predicted molar refractivity (Wildman–Crippen MR) is 139 cm³/mol. The van der Waals surface area contributed by atoms with E-state index >= 15 is 0 Å². The first-order valence-corrected chi connectivity index (χ1v) is 12.9. The van der Waals surface area contributed by atoms with Gasteiger partial charge in [-0.2, -0.15) is 0 Å². The quantitative estimate of drug-likeness (QED) is 0.337. The van der Waals surface area contributed by atoms with E-state index in [2.05, 4.69) is 16.4 Å². The van der Waals surface area contributed by atoms with E-state index in [1.165, 1.54) is 22.6 Å². The van der Waals surface area contributed by atoms with Crippen LogP contribution in [0.1, 0.15) is 75.2 Å². The van der Waals surface area contributed by atoms with Crippen LogP contribution in [-0.4, -0.2) is 57.8 Å². The van der Waals surface area contributed by atoms with Gasteiger partial charge in [0.25, 0.3) is 0 Å². The number of nitrogens with one attached hydrogen (secondary N) is 1. The number of carbonyl (C=O) groups is 2. The van der Waals surface area contributed by atoms with Crippen LogP contribution in [0.25, 0.3) is 0 Å². The summed E-state index contributed by atoms with van der Waals surface area (Å²) in [6.45, 7) is 4.33. The number of benzene rings is 1. The summed E-state index contributed by atoms with van der Waals surface area (Å²) in [6, 6.07) is 7.58. The van der Waals surface area contributed by atoms with Crippen molar-refractivity contribution in [3.05, 3.63) is 53.0 Å². The molecule has 1 aromatic carbocycles. The number of halogens is 1. The van der Waals surface area contributed by atoms with Crippen molar-refractivity contribution in [1.29, 1.82) is 0 Å². The third-order valence-corrected chi connectivity index (χ3v) is 6.70. The molecule has 0 saturated heterocycles. The van der Waals surface area contributed by atoms with Crippen molar-refractivity contribution in [3.63, 3.8) is 0 Å². The third kappa shape index (κ3) is 8.15. The van der Waals surface area contributed by atoms with Crippen molar-refractivity contribution in [2.75, 3.05) is 25.5 Å². The van der Waals surface area contributed by atoms with E-state index in [-0.39, 0.29) is 31.1 Å². The van der Waals surface area contributed by atoms with Gasteiger partial charge in [0.2, 0.25) is 5.91 Å². The smallest absolute Gasteiger partial charge is 0.305 e. The van der Waals surface area contributed by atoms with Crippen molar-refractivity contribution in [2.24, 2.45) is 0 Å². The number of unbranched alkanes of at least 4 members (excludes halogenated alkanes) is 1. The van der Waals surface area contributed by atoms with Crippen LogP contribution >= 0.6 is 0 Å².